The van der Waals surface area contributed by atoms with Crippen LogP contribution in [0.15, 0.2) is 24.3 Å². The summed E-state index contributed by atoms with van der Waals surface area (Å²) in [5, 5.41) is 9.45. The van der Waals surface area contributed by atoms with Crippen molar-refractivity contribution in [3.8, 4) is 0 Å². The van der Waals surface area contributed by atoms with Crippen LogP contribution in [-0.2, 0) is 19.1 Å². The third-order valence-corrected chi connectivity index (χ3v) is 4.75. The molecule has 0 spiro atoms. The second kappa shape index (κ2) is 7.41. The molecule has 3 rings (SSSR count). The van der Waals surface area contributed by atoms with Crippen LogP contribution in [0.4, 0.5) is 5.69 Å². The van der Waals surface area contributed by atoms with E-state index >= 15 is 0 Å². The number of amides is 2. The minimum Gasteiger partial charge on any atom is -0.481 e. The summed E-state index contributed by atoms with van der Waals surface area (Å²) in [6.45, 7) is 1.33. The number of halogens is 1. The summed E-state index contributed by atoms with van der Waals surface area (Å²) in [5.41, 5.74) is 0.718. The number of benzene rings is 1. The highest BCUT2D eigenvalue weighted by Gasteiger charge is 2.40. The van der Waals surface area contributed by atoms with Gasteiger partial charge in [0.1, 0.15) is 5.92 Å². The van der Waals surface area contributed by atoms with Crippen LogP contribution in [0.5, 0.6) is 0 Å². The molecule has 25 heavy (non-hydrogen) atoms. The monoisotopic (exact) mass is 366 g/mol. The Hall–Kier alpha value is -2.12. The zero-order valence-corrected chi connectivity index (χ0v) is 14.3. The fourth-order valence-electron chi connectivity index (χ4n) is 3.24. The van der Waals surface area contributed by atoms with Gasteiger partial charge in [-0.15, -0.1) is 0 Å². The molecule has 7 nitrogen and oxygen atoms in total. The lowest BCUT2D eigenvalue weighted by molar-refractivity contribution is -0.151. The Morgan fingerprint density at radius 1 is 1.24 bits per heavy atom. The first-order valence-electron chi connectivity index (χ1n) is 8.15. The summed E-state index contributed by atoms with van der Waals surface area (Å²) in [5.74, 6) is -2.17. The first-order chi connectivity index (χ1) is 12.0. The van der Waals surface area contributed by atoms with E-state index in [0.29, 0.717) is 24.5 Å². The van der Waals surface area contributed by atoms with E-state index in [-0.39, 0.29) is 31.4 Å². The van der Waals surface area contributed by atoms with E-state index in [1.165, 1.54) is 0 Å². The molecule has 2 aliphatic rings. The van der Waals surface area contributed by atoms with E-state index in [4.69, 9.17) is 21.4 Å². The number of carbonyl (C=O) groups is 3. The molecule has 0 unspecified atom stereocenters. The Morgan fingerprint density at radius 3 is 2.64 bits per heavy atom. The first-order valence-corrected chi connectivity index (χ1v) is 8.52. The Labute approximate surface area is 150 Å². The van der Waals surface area contributed by atoms with E-state index in [2.05, 4.69) is 0 Å². The molecule has 2 atom stereocenters. The van der Waals surface area contributed by atoms with Crippen LogP contribution in [0.3, 0.4) is 0 Å². The Kier molecular flexibility index (Phi) is 5.24. The number of hydrogen-bond acceptors (Lipinski definition) is 4. The molecule has 0 saturated carbocycles. The van der Waals surface area contributed by atoms with Gasteiger partial charge >= 0.3 is 5.97 Å². The van der Waals surface area contributed by atoms with E-state index < -0.39 is 18.0 Å². The van der Waals surface area contributed by atoms with Gasteiger partial charge in [-0.3, -0.25) is 14.4 Å². The summed E-state index contributed by atoms with van der Waals surface area (Å²) in [6, 6.07) is 6.92. The lowest BCUT2D eigenvalue weighted by Gasteiger charge is -2.33. The van der Waals surface area contributed by atoms with Crippen LogP contribution >= 0.6 is 11.6 Å². The molecule has 134 valence electrons. The van der Waals surface area contributed by atoms with Gasteiger partial charge < -0.3 is 19.6 Å². The molecule has 2 aliphatic heterocycles. The van der Waals surface area contributed by atoms with Crippen LogP contribution in [-0.4, -0.2) is 60.1 Å². The second-order valence-electron chi connectivity index (χ2n) is 6.18. The quantitative estimate of drug-likeness (QED) is 0.814. The maximum absolute atomic E-state index is 12.7. The van der Waals surface area contributed by atoms with Crippen LogP contribution in [0.1, 0.15) is 12.8 Å². The largest absolute Gasteiger partial charge is 0.481 e. The van der Waals surface area contributed by atoms with Crippen LogP contribution in [0.2, 0.25) is 5.02 Å². The highest BCUT2D eigenvalue weighted by atomic mass is 35.5. The van der Waals surface area contributed by atoms with Gasteiger partial charge in [-0.2, -0.15) is 0 Å². The van der Waals surface area contributed by atoms with Crippen molar-refractivity contribution < 1.29 is 24.2 Å². The van der Waals surface area contributed by atoms with Gasteiger partial charge in [0.05, 0.1) is 19.1 Å². The van der Waals surface area contributed by atoms with Crippen molar-refractivity contribution in [3.63, 3.8) is 0 Å². The van der Waals surface area contributed by atoms with Crippen molar-refractivity contribution in [1.82, 2.24) is 4.90 Å². The summed E-state index contributed by atoms with van der Waals surface area (Å²) >= 11 is 5.87. The summed E-state index contributed by atoms with van der Waals surface area (Å²) in [4.78, 5) is 39.3. The maximum Gasteiger partial charge on any atom is 0.306 e. The van der Waals surface area contributed by atoms with Crippen LogP contribution in [0, 0.1) is 5.92 Å². The lowest BCUT2D eigenvalue weighted by atomic mass is 10.1. The number of carbonyl (C=O) groups excluding carboxylic acids is 2. The number of morpholine rings is 1. The van der Waals surface area contributed by atoms with E-state index in [1.54, 1.807) is 34.1 Å². The van der Waals surface area contributed by atoms with Crippen molar-refractivity contribution in [2.75, 3.05) is 31.1 Å². The molecule has 0 aliphatic carbocycles. The molecule has 0 radical (unpaired) electrons. The molecular formula is C17H19ClN2O5. The van der Waals surface area contributed by atoms with Gasteiger partial charge in [0.15, 0.2) is 0 Å². The number of anilines is 1. The number of carboxylic acids is 1. The molecule has 2 saturated heterocycles. The topological polar surface area (TPSA) is 87.2 Å². The maximum atomic E-state index is 12.7. The number of aliphatic carboxylic acids is 1. The third-order valence-electron chi connectivity index (χ3n) is 4.49. The van der Waals surface area contributed by atoms with Crippen molar-refractivity contribution in [1.29, 1.82) is 0 Å². The van der Waals surface area contributed by atoms with Crippen LogP contribution < -0.4 is 4.90 Å². The van der Waals surface area contributed by atoms with E-state index in [1.807, 2.05) is 0 Å². The minimum atomic E-state index is -0.967. The number of ether oxygens (including phenoxy) is 1. The van der Waals surface area contributed by atoms with Crippen LogP contribution in [0.25, 0.3) is 0 Å². The molecule has 1 aromatic rings. The van der Waals surface area contributed by atoms with Gasteiger partial charge in [-0.25, -0.2) is 0 Å². The number of rotatable bonds is 4. The molecule has 0 aromatic heterocycles. The summed E-state index contributed by atoms with van der Waals surface area (Å²) in [7, 11) is 0. The van der Waals surface area contributed by atoms with Crippen molar-refractivity contribution in [3.05, 3.63) is 29.3 Å². The van der Waals surface area contributed by atoms with Gasteiger partial charge in [-0.1, -0.05) is 11.6 Å². The molecule has 2 amide bonds. The summed E-state index contributed by atoms with van der Waals surface area (Å²) in [6.07, 6.45) is -0.236. The molecule has 8 heteroatoms. The Morgan fingerprint density at radius 2 is 1.96 bits per heavy atom. The molecule has 2 fully saturated rings. The number of nitrogens with zero attached hydrogens (tertiary/aromatic N) is 2. The van der Waals surface area contributed by atoms with Crippen molar-refractivity contribution in [2.45, 2.75) is 18.9 Å². The second-order valence-corrected chi connectivity index (χ2v) is 6.62. The SMILES string of the molecule is O=C(O)C[C@H]1CN(C(=O)[C@@H]2CCN(c3ccc(Cl)cc3)C2=O)CCO1. The van der Waals surface area contributed by atoms with Crippen molar-refractivity contribution in [2.24, 2.45) is 5.92 Å². The fraction of sp³-hybridized carbons (Fsp3) is 0.471. The third kappa shape index (κ3) is 3.93. The van der Waals surface area contributed by atoms with E-state index in [0.717, 1.165) is 5.69 Å². The molecule has 1 N–H and O–H groups in total. The highest BCUT2D eigenvalue weighted by molar-refractivity contribution is 6.30. The number of hydrogen-bond donors (Lipinski definition) is 1. The predicted molar refractivity (Wildman–Crippen MR) is 90.5 cm³/mol. The summed E-state index contributed by atoms with van der Waals surface area (Å²) < 4.78 is 5.38. The van der Waals surface area contributed by atoms with Gasteiger partial charge in [0, 0.05) is 30.3 Å². The molecule has 2 heterocycles. The Bertz CT molecular complexity index is 678. The van der Waals surface area contributed by atoms with Gasteiger partial charge in [0.2, 0.25) is 11.8 Å². The zero-order valence-electron chi connectivity index (χ0n) is 13.6. The fourth-order valence-corrected chi connectivity index (χ4v) is 3.37. The predicted octanol–water partition coefficient (Wildman–Crippen LogP) is 1.40. The first kappa shape index (κ1) is 17.7. The lowest BCUT2D eigenvalue weighted by Crippen LogP contribution is -2.49. The number of carboxylic acid groups (broad SMARTS) is 1. The average Bonchev–Trinajstić information content (AvgIpc) is 2.96. The van der Waals surface area contributed by atoms with Gasteiger partial charge in [-0.05, 0) is 30.7 Å². The Balaban J connectivity index is 1.65. The smallest absolute Gasteiger partial charge is 0.306 e. The van der Waals surface area contributed by atoms with Crippen molar-refractivity contribution >= 4 is 35.1 Å². The minimum absolute atomic E-state index is 0.153. The molecule has 0 bridgehead atoms. The standard InChI is InChI=1S/C17H19ClN2O5/c18-11-1-3-12(4-2-11)20-6-5-14(17(20)24)16(23)19-7-8-25-13(10-19)9-15(21)22/h1-4,13-14H,5-10H2,(H,21,22)/t13-,14-/m0/s1. The highest BCUT2D eigenvalue weighted by Crippen LogP contribution is 2.28. The van der Waals surface area contributed by atoms with E-state index in [9.17, 15) is 14.4 Å². The van der Waals surface area contributed by atoms with Gasteiger partial charge in [0.25, 0.3) is 0 Å². The normalized spacial score (nSPS) is 23.8. The molecular weight excluding hydrogens is 348 g/mol. The average molecular weight is 367 g/mol. The molecule has 1 aromatic carbocycles. The zero-order chi connectivity index (χ0) is 18.0.